The van der Waals surface area contributed by atoms with E-state index in [4.69, 9.17) is 5.11 Å². The van der Waals surface area contributed by atoms with Crippen LogP contribution in [0.15, 0.2) is 0 Å². The highest BCUT2D eigenvalue weighted by atomic mass is 32.2. The quantitative estimate of drug-likeness (QED) is 0.647. The Hall–Kier alpha value is 0.270. The van der Waals surface area contributed by atoms with Crippen molar-refractivity contribution in [1.29, 1.82) is 0 Å². The largest absolute Gasteiger partial charge is 0.395 e. The normalized spacial score (nSPS) is 25.6. The monoisotopic (exact) mass is 177 g/mol. The van der Waals surface area contributed by atoms with Crippen LogP contribution in [-0.2, 0) is 0 Å². The summed E-state index contributed by atoms with van der Waals surface area (Å²) in [6.07, 6.45) is 0. The predicted molar refractivity (Wildman–Crippen MR) is 52.2 cm³/mol. The summed E-state index contributed by atoms with van der Waals surface area (Å²) < 4.78 is 0. The molecule has 1 aliphatic heterocycles. The van der Waals surface area contributed by atoms with E-state index in [-0.39, 0.29) is 0 Å². The summed E-state index contributed by atoms with van der Waals surface area (Å²) in [6, 6.07) is 0.406. The summed E-state index contributed by atoms with van der Waals surface area (Å²) in [5.41, 5.74) is 0. The summed E-state index contributed by atoms with van der Waals surface area (Å²) in [5.74, 6) is 2.31. The minimum atomic E-state index is 0.309. The van der Waals surface area contributed by atoms with Crippen molar-refractivity contribution in [1.82, 2.24) is 4.90 Å². The van der Waals surface area contributed by atoms with Crippen molar-refractivity contribution in [3.8, 4) is 0 Å². The zero-order chi connectivity index (χ0) is 8.69. The lowest BCUT2D eigenvalue weighted by Crippen LogP contribution is -2.41. The third-order valence-corrected chi connectivity index (χ3v) is 2.82. The molecule has 1 heterocycles. The van der Waals surface area contributed by atoms with Gasteiger partial charge in [0.25, 0.3) is 0 Å². The van der Waals surface area contributed by atoms with E-state index >= 15 is 0 Å². The first-order chi connectivity index (χ1) is 5.34. The van der Waals surface area contributed by atoms with Crippen LogP contribution in [0.2, 0.25) is 0 Å². The lowest BCUT2D eigenvalue weighted by Gasteiger charge is -2.30. The molecule has 68 valence electrons. The minimum absolute atomic E-state index is 0.309. The molecule has 0 aromatic heterocycles. The van der Waals surface area contributed by atoms with Crippen molar-refractivity contribution in [3.63, 3.8) is 0 Å². The van der Waals surface area contributed by atoms with Crippen LogP contribution < -0.4 is 0 Å². The molecule has 0 bridgehead atoms. The number of rotatable bonds is 1. The third-order valence-electron chi connectivity index (χ3n) is 1.73. The molecule has 0 radical (unpaired) electrons. The molecule has 0 aromatic carbocycles. The van der Waals surface area contributed by atoms with Gasteiger partial charge in [-0.15, -0.1) is 0 Å². The van der Waals surface area contributed by atoms with Gasteiger partial charge in [0.1, 0.15) is 0 Å². The van der Waals surface area contributed by atoms with Crippen molar-refractivity contribution in [2.45, 2.75) is 19.9 Å². The molecule has 1 N–H and O–H groups in total. The second-order valence-corrected chi connectivity index (χ2v) is 3.54. The maximum atomic E-state index is 8.81. The summed E-state index contributed by atoms with van der Waals surface area (Å²) in [5, 5.41) is 8.81. The molecule has 0 aromatic rings. The van der Waals surface area contributed by atoms with E-state index in [0.717, 1.165) is 12.3 Å². The molecule has 1 saturated heterocycles. The molecule has 0 saturated carbocycles. The topological polar surface area (TPSA) is 23.5 Å². The van der Waals surface area contributed by atoms with Crippen LogP contribution in [0.25, 0.3) is 0 Å². The van der Waals surface area contributed by atoms with Gasteiger partial charge in [-0.2, -0.15) is 11.8 Å². The van der Waals surface area contributed by atoms with Gasteiger partial charge < -0.3 is 5.11 Å². The van der Waals surface area contributed by atoms with Crippen molar-refractivity contribution in [2.24, 2.45) is 0 Å². The zero-order valence-electron chi connectivity index (χ0n) is 7.71. The van der Waals surface area contributed by atoms with Crippen molar-refractivity contribution in [2.75, 3.05) is 31.7 Å². The molecule has 1 rings (SSSR count). The Bertz CT molecular complexity index is 90.2. The van der Waals surface area contributed by atoms with Gasteiger partial charge in [0.2, 0.25) is 0 Å². The van der Waals surface area contributed by atoms with Crippen LogP contribution in [0.5, 0.6) is 0 Å². The molecule has 1 aliphatic rings. The molecule has 11 heavy (non-hydrogen) atoms. The fraction of sp³-hybridized carbons (Fsp3) is 1.00. The Morgan fingerprint density at radius 2 is 2.18 bits per heavy atom. The van der Waals surface area contributed by atoms with E-state index in [1.165, 1.54) is 5.75 Å². The van der Waals surface area contributed by atoms with E-state index in [1.807, 2.05) is 25.6 Å². The molecular formula is C8H19NOS. The second-order valence-electron chi connectivity index (χ2n) is 2.39. The number of likely N-dealkylation sites (N-methyl/N-ethyl adjacent to an activating group) is 1. The molecule has 1 unspecified atom stereocenters. The number of thioether (sulfide) groups is 1. The molecule has 3 heteroatoms. The van der Waals surface area contributed by atoms with E-state index in [1.54, 1.807) is 0 Å². The standard InChI is InChI=1S/C6H13NOS.C2H6/c1-7-2-3-9-5-6(7)4-8;1-2/h6,8H,2-5H2,1H3;1-2H3. The van der Waals surface area contributed by atoms with Gasteiger partial charge in [-0.3, -0.25) is 4.90 Å². The molecule has 0 aliphatic carbocycles. The van der Waals surface area contributed by atoms with Crippen molar-refractivity contribution < 1.29 is 5.11 Å². The van der Waals surface area contributed by atoms with Crippen LogP contribution in [0.3, 0.4) is 0 Å². The molecular weight excluding hydrogens is 158 g/mol. The second kappa shape index (κ2) is 6.95. The van der Waals surface area contributed by atoms with Gasteiger partial charge in [-0.1, -0.05) is 13.8 Å². The van der Waals surface area contributed by atoms with E-state index < -0.39 is 0 Å². The zero-order valence-corrected chi connectivity index (χ0v) is 8.52. The fourth-order valence-corrected chi connectivity index (χ4v) is 2.15. The average Bonchev–Trinajstić information content (AvgIpc) is 2.09. The van der Waals surface area contributed by atoms with Crippen LogP contribution in [0, 0.1) is 0 Å². The van der Waals surface area contributed by atoms with Crippen LogP contribution in [-0.4, -0.2) is 47.8 Å². The number of aliphatic hydroxyl groups is 1. The van der Waals surface area contributed by atoms with Crippen molar-refractivity contribution >= 4 is 11.8 Å². The summed E-state index contributed by atoms with van der Waals surface area (Å²) in [7, 11) is 2.07. The lowest BCUT2D eigenvalue weighted by atomic mass is 10.3. The molecule has 1 fully saturated rings. The third kappa shape index (κ3) is 3.99. The van der Waals surface area contributed by atoms with Gasteiger partial charge in [-0.25, -0.2) is 0 Å². The van der Waals surface area contributed by atoms with E-state index in [9.17, 15) is 0 Å². The summed E-state index contributed by atoms with van der Waals surface area (Å²) >= 11 is 1.93. The van der Waals surface area contributed by atoms with Crippen molar-refractivity contribution in [3.05, 3.63) is 0 Å². The first kappa shape index (κ1) is 11.3. The Labute approximate surface area is 74.0 Å². The van der Waals surface area contributed by atoms with Gasteiger partial charge in [0.15, 0.2) is 0 Å². The SMILES string of the molecule is CC.CN1CCSCC1CO. The van der Waals surface area contributed by atoms with Crippen LogP contribution >= 0.6 is 11.8 Å². The van der Waals surface area contributed by atoms with E-state index in [0.29, 0.717) is 12.6 Å². The Morgan fingerprint density at radius 3 is 2.55 bits per heavy atom. The smallest absolute Gasteiger partial charge is 0.0594 e. The Kier molecular flexibility index (Phi) is 7.12. The van der Waals surface area contributed by atoms with Crippen LogP contribution in [0.4, 0.5) is 0 Å². The van der Waals surface area contributed by atoms with Gasteiger partial charge in [0.05, 0.1) is 6.61 Å². The Balaban J connectivity index is 0.000000461. The fourth-order valence-electron chi connectivity index (χ4n) is 0.930. The van der Waals surface area contributed by atoms with Crippen LogP contribution in [0.1, 0.15) is 13.8 Å². The molecule has 0 spiro atoms. The summed E-state index contributed by atoms with van der Waals surface area (Å²) in [6.45, 7) is 5.43. The highest BCUT2D eigenvalue weighted by Crippen LogP contribution is 2.13. The maximum absolute atomic E-state index is 8.81. The predicted octanol–water partition coefficient (Wildman–Crippen LogP) is 1.05. The van der Waals surface area contributed by atoms with Gasteiger partial charge in [0, 0.05) is 24.1 Å². The maximum Gasteiger partial charge on any atom is 0.0594 e. The molecule has 2 nitrogen and oxygen atoms in total. The first-order valence-corrected chi connectivity index (χ1v) is 5.39. The van der Waals surface area contributed by atoms with Gasteiger partial charge in [-0.05, 0) is 7.05 Å². The average molecular weight is 177 g/mol. The lowest BCUT2D eigenvalue weighted by molar-refractivity contribution is 0.164. The Morgan fingerprint density at radius 1 is 1.55 bits per heavy atom. The number of aliphatic hydroxyl groups excluding tert-OH is 1. The number of hydrogen-bond acceptors (Lipinski definition) is 3. The number of nitrogens with zero attached hydrogens (tertiary/aromatic N) is 1. The highest BCUT2D eigenvalue weighted by molar-refractivity contribution is 7.99. The van der Waals surface area contributed by atoms with E-state index in [2.05, 4.69) is 11.9 Å². The highest BCUT2D eigenvalue weighted by Gasteiger charge is 2.17. The van der Waals surface area contributed by atoms with Gasteiger partial charge >= 0.3 is 0 Å². The first-order valence-electron chi connectivity index (χ1n) is 4.23. The molecule has 1 atom stereocenters. The molecule has 0 amide bonds. The number of hydrogen-bond donors (Lipinski definition) is 1. The minimum Gasteiger partial charge on any atom is -0.395 e. The summed E-state index contributed by atoms with van der Waals surface area (Å²) in [4.78, 5) is 2.22.